The van der Waals surface area contributed by atoms with E-state index < -0.39 is 11.6 Å². The summed E-state index contributed by atoms with van der Waals surface area (Å²) in [5, 5.41) is 13.9. The zero-order valence-electron chi connectivity index (χ0n) is 18.5. The highest BCUT2D eigenvalue weighted by Crippen LogP contribution is 2.29. The molecule has 1 aromatic heterocycles. The Morgan fingerprint density at radius 2 is 1.85 bits per heavy atom. The summed E-state index contributed by atoms with van der Waals surface area (Å²) in [7, 11) is 3.12. The first kappa shape index (κ1) is 22.8. The molecule has 0 radical (unpaired) electrons. The Morgan fingerprint density at radius 3 is 2.59 bits per heavy atom. The molecule has 0 saturated heterocycles. The Balaban J connectivity index is 1.57. The highest BCUT2D eigenvalue weighted by molar-refractivity contribution is 5.96. The zero-order valence-corrected chi connectivity index (χ0v) is 18.5. The first-order valence-corrected chi connectivity index (χ1v) is 10.3. The first-order valence-electron chi connectivity index (χ1n) is 10.3. The molecule has 10 heteroatoms. The number of carbonyl (C=O) groups excluding carboxylic acids is 1. The van der Waals surface area contributed by atoms with Crippen LogP contribution < -0.4 is 14.8 Å². The van der Waals surface area contributed by atoms with Crippen LogP contribution in [0.5, 0.6) is 11.5 Å². The second-order valence-electron chi connectivity index (χ2n) is 7.32. The molecule has 0 saturated carbocycles. The van der Waals surface area contributed by atoms with Gasteiger partial charge in [-0.1, -0.05) is 18.2 Å². The number of methoxy groups -OCH3 is 2. The van der Waals surface area contributed by atoms with E-state index in [0.29, 0.717) is 35.7 Å². The number of aromatic nitrogens is 4. The van der Waals surface area contributed by atoms with E-state index in [-0.39, 0.29) is 17.0 Å². The van der Waals surface area contributed by atoms with Crippen LogP contribution in [0.1, 0.15) is 15.9 Å². The van der Waals surface area contributed by atoms with Crippen LogP contribution in [0.15, 0.2) is 60.9 Å². The van der Waals surface area contributed by atoms with Gasteiger partial charge in [-0.25, -0.2) is 13.5 Å². The summed E-state index contributed by atoms with van der Waals surface area (Å²) in [4.78, 5) is 12.9. The van der Waals surface area contributed by atoms with Crippen LogP contribution in [0, 0.1) is 11.6 Å². The predicted octanol–water partition coefficient (Wildman–Crippen LogP) is 3.60. The minimum absolute atomic E-state index is 0.0225. The van der Waals surface area contributed by atoms with Crippen LogP contribution in [0.3, 0.4) is 0 Å². The van der Waals surface area contributed by atoms with E-state index in [1.807, 2.05) is 12.1 Å². The number of amides is 1. The minimum atomic E-state index is -1.00. The zero-order chi connectivity index (χ0) is 24.1. The maximum Gasteiger partial charge on any atom is 0.251 e. The fourth-order valence-corrected chi connectivity index (χ4v) is 3.49. The summed E-state index contributed by atoms with van der Waals surface area (Å²) in [5.41, 5.74) is 1.96. The number of benzene rings is 3. The number of hydrogen-bond acceptors (Lipinski definition) is 6. The molecule has 0 aliphatic rings. The number of ether oxygens (including phenoxy) is 2. The van der Waals surface area contributed by atoms with Gasteiger partial charge in [-0.2, -0.15) is 0 Å². The van der Waals surface area contributed by atoms with Crippen molar-refractivity contribution >= 4 is 5.91 Å². The van der Waals surface area contributed by atoms with Gasteiger partial charge in [0.15, 0.2) is 23.1 Å². The van der Waals surface area contributed by atoms with E-state index in [0.717, 1.165) is 11.6 Å². The molecule has 4 rings (SSSR count). The van der Waals surface area contributed by atoms with E-state index in [9.17, 15) is 13.6 Å². The molecule has 4 aromatic rings. The third-order valence-electron chi connectivity index (χ3n) is 5.20. The maximum atomic E-state index is 14.5. The van der Waals surface area contributed by atoms with Crippen molar-refractivity contribution in [3.63, 3.8) is 0 Å². The predicted molar refractivity (Wildman–Crippen MR) is 120 cm³/mol. The Labute approximate surface area is 194 Å². The SMILES string of the molecule is COc1ccc(CCNC(=O)c2cc(-c3cccc(F)c3F)cc(-n3cnnn3)c2)cc1OC. The molecule has 0 unspecified atom stereocenters. The Kier molecular flexibility index (Phi) is 6.77. The van der Waals surface area contributed by atoms with Gasteiger partial charge in [0.1, 0.15) is 6.33 Å². The van der Waals surface area contributed by atoms with E-state index >= 15 is 0 Å². The van der Waals surface area contributed by atoms with Crippen molar-refractivity contribution in [2.24, 2.45) is 0 Å². The largest absolute Gasteiger partial charge is 0.493 e. The average molecular weight is 465 g/mol. The van der Waals surface area contributed by atoms with E-state index in [2.05, 4.69) is 20.8 Å². The molecule has 0 fully saturated rings. The van der Waals surface area contributed by atoms with Gasteiger partial charge in [0.25, 0.3) is 5.91 Å². The van der Waals surface area contributed by atoms with Gasteiger partial charge in [0, 0.05) is 17.7 Å². The van der Waals surface area contributed by atoms with Gasteiger partial charge in [-0.05, 0) is 64.4 Å². The van der Waals surface area contributed by atoms with E-state index in [1.165, 1.54) is 29.2 Å². The van der Waals surface area contributed by atoms with Crippen molar-refractivity contribution < 1.29 is 23.0 Å². The van der Waals surface area contributed by atoms with Crippen molar-refractivity contribution in [2.75, 3.05) is 20.8 Å². The summed E-state index contributed by atoms with van der Waals surface area (Å²) in [6, 6.07) is 14.0. The fraction of sp³-hybridized carbons (Fsp3) is 0.167. The van der Waals surface area contributed by atoms with Crippen molar-refractivity contribution in [3.05, 3.63) is 83.7 Å². The van der Waals surface area contributed by atoms with Crippen LogP contribution in [0.4, 0.5) is 8.78 Å². The second-order valence-corrected chi connectivity index (χ2v) is 7.32. The monoisotopic (exact) mass is 465 g/mol. The number of hydrogen-bond donors (Lipinski definition) is 1. The highest BCUT2D eigenvalue weighted by Gasteiger charge is 2.15. The van der Waals surface area contributed by atoms with Crippen LogP contribution in [0.25, 0.3) is 16.8 Å². The molecular formula is C24H21F2N5O3. The molecule has 174 valence electrons. The molecule has 34 heavy (non-hydrogen) atoms. The molecule has 3 aromatic carbocycles. The number of nitrogens with one attached hydrogen (secondary N) is 1. The molecule has 0 atom stereocenters. The summed E-state index contributed by atoms with van der Waals surface area (Å²) >= 11 is 0. The highest BCUT2D eigenvalue weighted by atomic mass is 19.2. The number of carbonyl (C=O) groups is 1. The summed E-state index contributed by atoms with van der Waals surface area (Å²) in [6.07, 6.45) is 1.89. The fourth-order valence-electron chi connectivity index (χ4n) is 3.49. The molecule has 0 aliphatic carbocycles. The van der Waals surface area contributed by atoms with Gasteiger partial charge >= 0.3 is 0 Å². The lowest BCUT2D eigenvalue weighted by atomic mass is 10.0. The van der Waals surface area contributed by atoms with Gasteiger partial charge in [0.05, 0.1) is 19.9 Å². The van der Waals surface area contributed by atoms with Gasteiger partial charge in [0.2, 0.25) is 0 Å². The molecule has 8 nitrogen and oxygen atoms in total. The third-order valence-corrected chi connectivity index (χ3v) is 5.20. The number of rotatable bonds is 8. The first-order chi connectivity index (χ1) is 16.5. The standard InChI is InChI=1S/C24H21F2N5O3/c1-33-21-7-6-15(10-22(21)34-2)8-9-27-24(32)17-11-16(19-4-3-5-20(25)23(19)26)12-18(13-17)31-14-28-29-30-31/h3-7,10-14H,8-9H2,1-2H3,(H,27,32). The van der Waals surface area contributed by atoms with E-state index in [4.69, 9.17) is 9.47 Å². The van der Waals surface area contributed by atoms with Crippen LogP contribution >= 0.6 is 0 Å². The molecule has 1 heterocycles. The third kappa shape index (κ3) is 4.85. The summed E-state index contributed by atoms with van der Waals surface area (Å²) in [5.74, 6) is -1.15. The Morgan fingerprint density at radius 1 is 1.03 bits per heavy atom. The van der Waals surface area contributed by atoms with Crippen LogP contribution in [-0.4, -0.2) is 46.9 Å². The quantitative estimate of drug-likeness (QED) is 0.428. The Bertz CT molecular complexity index is 1310. The van der Waals surface area contributed by atoms with Crippen LogP contribution in [-0.2, 0) is 6.42 Å². The lowest BCUT2D eigenvalue weighted by Crippen LogP contribution is -2.26. The van der Waals surface area contributed by atoms with Crippen LogP contribution in [0.2, 0.25) is 0 Å². The maximum absolute atomic E-state index is 14.5. The lowest BCUT2D eigenvalue weighted by Gasteiger charge is -2.12. The minimum Gasteiger partial charge on any atom is -0.493 e. The average Bonchev–Trinajstić information content (AvgIpc) is 3.40. The van der Waals surface area contributed by atoms with Crippen molar-refractivity contribution in [3.8, 4) is 28.3 Å². The molecule has 0 bridgehead atoms. The lowest BCUT2D eigenvalue weighted by molar-refractivity contribution is 0.0954. The topological polar surface area (TPSA) is 91.2 Å². The number of tetrazole rings is 1. The van der Waals surface area contributed by atoms with Gasteiger partial charge < -0.3 is 14.8 Å². The normalized spacial score (nSPS) is 10.7. The Hall–Kier alpha value is -4.34. The molecule has 1 N–H and O–H groups in total. The van der Waals surface area contributed by atoms with E-state index in [1.54, 1.807) is 32.4 Å². The van der Waals surface area contributed by atoms with Crippen molar-refractivity contribution in [2.45, 2.75) is 6.42 Å². The molecular weight excluding hydrogens is 444 g/mol. The van der Waals surface area contributed by atoms with Gasteiger partial charge in [-0.3, -0.25) is 4.79 Å². The number of halogens is 2. The molecule has 1 amide bonds. The summed E-state index contributed by atoms with van der Waals surface area (Å²) in [6.45, 7) is 0.340. The molecule has 0 aliphatic heterocycles. The van der Waals surface area contributed by atoms with Crippen molar-refractivity contribution in [1.29, 1.82) is 0 Å². The number of nitrogens with zero attached hydrogens (tertiary/aromatic N) is 4. The smallest absolute Gasteiger partial charge is 0.251 e. The molecule has 0 spiro atoms. The van der Waals surface area contributed by atoms with Gasteiger partial charge in [-0.15, -0.1) is 5.10 Å². The van der Waals surface area contributed by atoms with Crippen molar-refractivity contribution in [1.82, 2.24) is 25.5 Å². The summed E-state index contributed by atoms with van der Waals surface area (Å²) < 4.78 is 40.2. The second kappa shape index (κ2) is 10.1.